The second-order valence-corrected chi connectivity index (χ2v) is 8.96. The summed E-state index contributed by atoms with van der Waals surface area (Å²) in [5.41, 5.74) is 1.70. The van der Waals surface area contributed by atoms with Crippen molar-refractivity contribution in [2.45, 2.75) is 11.8 Å². The Labute approximate surface area is 164 Å². The van der Waals surface area contributed by atoms with Gasteiger partial charge in [-0.1, -0.05) is 29.8 Å². The number of hydrogen-bond acceptors (Lipinski definition) is 4. The van der Waals surface area contributed by atoms with E-state index in [-0.39, 0.29) is 15.5 Å². The Bertz CT molecular complexity index is 954. The van der Waals surface area contributed by atoms with Crippen LogP contribution in [0.1, 0.15) is 15.9 Å². The van der Waals surface area contributed by atoms with Gasteiger partial charge in [-0.3, -0.25) is 4.79 Å². The van der Waals surface area contributed by atoms with Gasteiger partial charge in [0.25, 0.3) is 5.91 Å². The number of carbonyl (C=O) groups is 1. The van der Waals surface area contributed by atoms with Gasteiger partial charge in [-0.05, 0) is 43.8 Å². The van der Waals surface area contributed by atoms with Gasteiger partial charge < -0.3 is 10.2 Å². The third-order valence-corrected chi connectivity index (χ3v) is 6.90. The van der Waals surface area contributed by atoms with E-state index < -0.39 is 15.9 Å². The predicted octanol–water partition coefficient (Wildman–Crippen LogP) is 2.84. The van der Waals surface area contributed by atoms with Crippen LogP contribution < -0.4 is 5.32 Å². The van der Waals surface area contributed by atoms with Crippen LogP contribution in [-0.2, 0) is 10.0 Å². The minimum atomic E-state index is -3.67. The highest BCUT2D eigenvalue weighted by atomic mass is 35.5. The van der Waals surface area contributed by atoms with E-state index in [1.807, 2.05) is 32.2 Å². The molecular weight excluding hydrogens is 386 g/mol. The zero-order chi connectivity index (χ0) is 19.6. The quantitative estimate of drug-likeness (QED) is 0.846. The van der Waals surface area contributed by atoms with Crippen LogP contribution in [0, 0.1) is 6.92 Å². The van der Waals surface area contributed by atoms with E-state index in [0.29, 0.717) is 31.9 Å². The van der Waals surface area contributed by atoms with E-state index in [0.717, 1.165) is 5.56 Å². The lowest BCUT2D eigenvalue weighted by atomic mass is 10.1. The molecule has 27 heavy (non-hydrogen) atoms. The topological polar surface area (TPSA) is 69.7 Å². The number of sulfonamides is 1. The summed E-state index contributed by atoms with van der Waals surface area (Å²) in [5.74, 6) is -0.440. The number of piperazine rings is 1. The number of anilines is 1. The maximum Gasteiger partial charge on any atom is 0.257 e. The summed E-state index contributed by atoms with van der Waals surface area (Å²) in [7, 11) is -1.71. The molecule has 0 spiro atoms. The molecule has 0 aliphatic carbocycles. The molecule has 0 bridgehead atoms. The fraction of sp³-hybridized carbons (Fsp3) is 0.316. The molecule has 1 saturated heterocycles. The largest absolute Gasteiger partial charge is 0.322 e. The van der Waals surface area contributed by atoms with E-state index in [1.165, 1.54) is 22.5 Å². The summed E-state index contributed by atoms with van der Waals surface area (Å²) in [6.07, 6.45) is 0. The maximum absolute atomic E-state index is 12.9. The standard InChI is InChI=1S/C19H22ClN3O3S/c1-14-5-3-4-6-18(14)21-19(24)16-13-15(7-8-17(16)20)27(25,26)23-11-9-22(2)10-12-23/h3-8,13H,9-12H2,1-2H3,(H,21,24). The van der Waals surface area contributed by atoms with E-state index in [4.69, 9.17) is 11.6 Å². The van der Waals surface area contributed by atoms with Gasteiger partial charge in [-0.15, -0.1) is 0 Å². The van der Waals surface area contributed by atoms with Crippen molar-refractivity contribution in [2.24, 2.45) is 0 Å². The number of hydrogen-bond donors (Lipinski definition) is 1. The van der Waals surface area contributed by atoms with Crippen molar-refractivity contribution in [3.05, 3.63) is 58.6 Å². The van der Waals surface area contributed by atoms with E-state index >= 15 is 0 Å². The lowest BCUT2D eigenvalue weighted by Gasteiger charge is -2.31. The Hall–Kier alpha value is -1.93. The third-order valence-electron chi connectivity index (χ3n) is 4.68. The van der Waals surface area contributed by atoms with Gasteiger partial charge in [-0.2, -0.15) is 4.31 Å². The van der Waals surface area contributed by atoms with Crippen LogP contribution in [0.3, 0.4) is 0 Å². The smallest absolute Gasteiger partial charge is 0.257 e. The SMILES string of the molecule is Cc1ccccc1NC(=O)c1cc(S(=O)(=O)N2CCN(C)CC2)ccc1Cl. The van der Waals surface area contributed by atoms with Gasteiger partial charge in [0.05, 0.1) is 15.5 Å². The summed E-state index contributed by atoms with van der Waals surface area (Å²) in [6.45, 7) is 4.07. The summed E-state index contributed by atoms with van der Waals surface area (Å²) in [5, 5.41) is 3.00. The van der Waals surface area contributed by atoms with Gasteiger partial charge in [0, 0.05) is 31.9 Å². The summed E-state index contributed by atoms with van der Waals surface area (Å²) in [6, 6.07) is 11.6. The molecule has 0 saturated carbocycles. The number of likely N-dealkylation sites (N-methyl/N-ethyl adjacent to an activating group) is 1. The molecule has 1 heterocycles. The number of para-hydroxylation sites is 1. The van der Waals surface area contributed by atoms with Crippen molar-refractivity contribution >= 4 is 33.2 Å². The minimum absolute atomic E-state index is 0.0754. The number of benzene rings is 2. The molecule has 1 amide bonds. The van der Waals surface area contributed by atoms with E-state index in [2.05, 4.69) is 10.2 Å². The molecule has 0 unspecified atom stereocenters. The molecule has 0 radical (unpaired) electrons. The van der Waals surface area contributed by atoms with Crippen molar-refractivity contribution in [1.82, 2.24) is 9.21 Å². The molecule has 2 aromatic rings. The van der Waals surface area contributed by atoms with Crippen LogP contribution in [-0.4, -0.2) is 56.8 Å². The van der Waals surface area contributed by atoms with Crippen LogP contribution in [0.2, 0.25) is 5.02 Å². The van der Waals surface area contributed by atoms with E-state index in [1.54, 1.807) is 6.07 Å². The maximum atomic E-state index is 12.9. The highest BCUT2D eigenvalue weighted by molar-refractivity contribution is 7.89. The fourth-order valence-corrected chi connectivity index (χ4v) is 4.57. The summed E-state index contributed by atoms with van der Waals surface area (Å²) >= 11 is 6.18. The minimum Gasteiger partial charge on any atom is -0.322 e. The number of nitrogens with one attached hydrogen (secondary N) is 1. The molecule has 8 heteroatoms. The molecule has 6 nitrogen and oxygen atoms in total. The molecule has 1 N–H and O–H groups in total. The Kier molecular flexibility index (Phi) is 5.86. The lowest BCUT2D eigenvalue weighted by Crippen LogP contribution is -2.47. The van der Waals surface area contributed by atoms with Crippen molar-refractivity contribution < 1.29 is 13.2 Å². The first-order chi connectivity index (χ1) is 12.8. The van der Waals surface area contributed by atoms with Crippen molar-refractivity contribution in [1.29, 1.82) is 0 Å². The number of nitrogens with zero attached hydrogens (tertiary/aromatic N) is 2. The van der Waals surface area contributed by atoms with Crippen LogP contribution >= 0.6 is 11.6 Å². The van der Waals surface area contributed by atoms with E-state index in [9.17, 15) is 13.2 Å². The molecule has 0 aromatic heterocycles. The monoisotopic (exact) mass is 407 g/mol. The Balaban J connectivity index is 1.88. The van der Waals surface area contributed by atoms with Crippen LogP contribution in [0.5, 0.6) is 0 Å². The average Bonchev–Trinajstić information content (AvgIpc) is 2.64. The number of rotatable bonds is 4. The molecule has 1 aliphatic heterocycles. The highest BCUT2D eigenvalue weighted by Crippen LogP contribution is 2.25. The summed E-state index contributed by atoms with van der Waals surface area (Å²) < 4.78 is 27.3. The first kappa shape index (κ1) is 19.8. The number of amides is 1. The number of aryl methyl sites for hydroxylation is 1. The van der Waals surface area contributed by atoms with Gasteiger partial charge in [0.15, 0.2) is 0 Å². The second-order valence-electron chi connectivity index (χ2n) is 6.62. The Morgan fingerprint density at radius 3 is 2.41 bits per heavy atom. The molecule has 1 aliphatic rings. The van der Waals surface area contributed by atoms with Crippen molar-refractivity contribution in [3.8, 4) is 0 Å². The lowest BCUT2D eigenvalue weighted by molar-refractivity contribution is 0.102. The number of carbonyl (C=O) groups excluding carboxylic acids is 1. The molecule has 2 aromatic carbocycles. The summed E-state index contributed by atoms with van der Waals surface area (Å²) in [4.78, 5) is 14.8. The van der Waals surface area contributed by atoms with Gasteiger partial charge in [-0.25, -0.2) is 8.42 Å². The van der Waals surface area contributed by atoms with Crippen molar-refractivity contribution in [3.63, 3.8) is 0 Å². The van der Waals surface area contributed by atoms with Crippen LogP contribution in [0.4, 0.5) is 5.69 Å². The van der Waals surface area contributed by atoms with Gasteiger partial charge >= 0.3 is 0 Å². The zero-order valence-corrected chi connectivity index (χ0v) is 16.8. The predicted molar refractivity (Wildman–Crippen MR) is 107 cm³/mol. The first-order valence-corrected chi connectivity index (χ1v) is 10.5. The van der Waals surface area contributed by atoms with Crippen LogP contribution in [0.25, 0.3) is 0 Å². The normalized spacial score (nSPS) is 16.3. The fourth-order valence-electron chi connectivity index (χ4n) is 2.92. The molecule has 0 atom stereocenters. The highest BCUT2D eigenvalue weighted by Gasteiger charge is 2.28. The zero-order valence-electron chi connectivity index (χ0n) is 15.3. The van der Waals surface area contributed by atoms with Gasteiger partial charge in [0.1, 0.15) is 0 Å². The molecule has 1 fully saturated rings. The van der Waals surface area contributed by atoms with Crippen molar-refractivity contribution in [2.75, 3.05) is 38.5 Å². The molecule has 3 rings (SSSR count). The second kappa shape index (κ2) is 7.98. The Morgan fingerprint density at radius 2 is 1.74 bits per heavy atom. The van der Waals surface area contributed by atoms with Gasteiger partial charge in [0.2, 0.25) is 10.0 Å². The molecule has 144 valence electrons. The molecular formula is C19H22ClN3O3S. The average molecular weight is 408 g/mol. The van der Waals surface area contributed by atoms with Crippen LogP contribution in [0.15, 0.2) is 47.4 Å². The first-order valence-electron chi connectivity index (χ1n) is 8.64. The third kappa shape index (κ3) is 4.32. The Morgan fingerprint density at radius 1 is 1.07 bits per heavy atom. The number of halogens is 1.